The van der Waals surface area contributed by atoms with Gasteiger partial charge in [-0.25, -0.2) is 4.79 Å². The Labute approximate surface area is 170 Å². The molecular weight excluding hydrogens is 374 g/mol. The van der Waals surface area contributed by atoms with Gasteiger partial charge in [0.1, 0.15) is 5.75 Å². The Bertz CT molecular complexity index is 821. The summed E-state index contributed by atoms with van der Waals surface area (Å²) in [6.07, 6.45) is 1.95. The second-order valence-corrected chi connectivity index (χ2v) is 6.12. The van der Waals surface area contributed by atoms with Crippen LogP contribution in [-0.2, 0) is 9.53 Å². The summed E-state index contributed by atoms with van der Waals surface area (Å²) in [7, 11) is 1.51. The molecule has 0 fully saturated rings. The van der Waals surface area contributed by atoms with Gasteiger partial charge < -0.3 is 24.3 Å². The molecule has 0 aromatic heterocycles. The molecule has 2 rings (SSSR count). The maximum atomic E-state index is 12.3. The van der Waals surface area contributed by atoms with Gasteiger partial charge in [-0.15, -0.1) is 0 Å². The molecule has 0 aliphatic rings. The van der Waals surface area contributed by atoms with Crippen LogP contribution in [0.25, 0.3) is 0 Å². The molecule has 1 amide bonds. The van der Waals surface area contributed by atoms with Crippen LogP contribution in [0.1, 0.15) is 37.0 Å². The number of anilines is 1. The molecule has 0 unspecified atom stereocenters. The summed E-state index contributed by atoms with van der Waals surface area (Å²) in [6.45, 7) is 4.52. The van der Waals surface area contributed by atoms with E-state index >= 15 is 0 Å². The maximum Gasteiger partial charge on any atom is 0.338 e. The van der Waals surface area contributed by atoms with Crippen molar-refractivity contribution in [1.82, 2.24) is 0 Å². The van der Waals surface area contributed by atoms with Crippen molar-refractivity contribution in [2.75, 3.05) is 32.2 Å². The molecule has 0 bridgehead atoms. The van der Waals surface area contributed by atoms with Crippen molar-refractivity contribution in [2.24, 2.45) is 0 Å². The molecule has 0 spiro atoms. The van der Waals surface area contributed by atoms with Crippen molar-refractivity contribution in [1.29, 1.82) is 0 Å². The highest BCUT2D eigenvalue weighted by Crippen LogP contribution is 2.29. The summed E-state index contributed by atoms with van der Waals surface area (Å²) in [5.41, 5.74) is 0.782. The number of hydrogen-bond acceptors (Lipinski definition) is 6. The number of carbonyl (C=O) groups is 2. The Morgan fingerprint density at radius 3 is 2.48 bits per heavy atom. The summed E-state index contributed by atoms with van der Waals surface area (Å²) in [5, 5.41) is 2.65. The second kappa shape index (κ2) is 11.6. The van der Waals surface area contributed by atoms with Crippen LogP contribution in [0, 0.1) is 0 Å². The monoisotopic (exact) mass is 401 g/mol. The van der Waals surface area contributed by atoms with E-state index in [1.807, 2.05) is 6.92 Å². The van der Waals surface area contributed by atoms with Gasteiger partial charge in [-0.3, -0.25) is 4.79 Å². The molecule has 2 aromatic carbocycles. The molecule has 0 aliphatic heterocycles. The third-order valence-corrected chi connectivity index (χ3v) is 3.95. The number of ether oxygens (including phenoxy) is 4. The van der Waals surface area contributed by atoms with Gasteiger partial charge in [-0.1, -0.05) is 25.5 Å². The van der Waals surface area contributed by atoms with Gasteiger partial charge in [0.15, 0.2) is 18.1 Å². The predicted octanol–water partition coefficient (Wildman–Crippen LogP) is 4.07. The lowest BCUT2D eigenvalue weighted by molar-refractivity contribution is -0.119. The number of benzene rings is 2. The largest absolute Gasteiger partial charge is 0.495 e. The van der Waals surface area contributed by atoms with E-state index in [1.165, 1.54) is 7.11 Å². The number of esters is 1. The van der Waals surface area contributed by atoms with Crippen molar-refractivity contribution in [3.63, 3.8) is 0 Å². The predicted molar refractivity (Wildman–Crippen MR) is 110 cm³/mol. The van der Waals surface area contributed by atoms with Crippen molar-refractivity contribution < 1.29 is 28.5 Å². The van der Waals surface area contributed by atoms with Gasteiger partial charge >= 0.3 is 5.97 Å². The van der Waals surface area contributed by atoms with Crippen LogP contribution in [0.15, 0.2) is 42.5 Å². The first-order valence-electron chi connectivity index (χ1n) is 9.58. The lowest BCUT2D eigenvalue weighted by Crippen LogP contribution is -2.21. The zero-order valence-corrected chi connectivity index (χ0v) is 17.0. The smallest absolute Gasteiger partial charge is 0.338 e. The third kappa shape index (κ3) is 6.71. The molecule has 7 nitrogen and oxygen atoms in total. The highest BCUT2D eigenvalue weighted by Gasteiger charge is 2.15. The van der Waals surface area contributed by atoms with E-state index < -0.39 is 18.5 Å². The Morgan fingerprint density at radius 1 is 0.966 bits per heavy atom. The van der Waals surface area contributed by atoms with E-state index in [9.17, 15) is 9.59 Å². The summed E-state index contributed by atoms with van der Waals surface area (Å²) in [6, 6.07) is 11.8. The minimum Gasteiger partial charge on any atom is -0.495 e. The molecule has 0 atom stereocenters. The van der Waals surface area contributed by atoms with Gasteiger partial charge in [0.05, 0.1) is 31.6 Å². The number of amides is 1. The molecule has 1 N–H and O–H groups in total. The molecule has 0 saturated carbocycles. The van der Waals surface area contributed by atoms with Gasteiger partial charge in [-0.2, -0.15) is 0 Å². The van der Waals surface area contributed by atoms with Gasteiger partial charge in [0, 0.05) is 0 Å². The minimum absolute atomic E-state index is 0.279. The molecule has 156 valence electrons. The zero-order chi connectivity index (χ0) is 21.1. The number of rotatable bonds is 11. The first-order valence-corrected chi connectivity index (χ1v) is 9.58. The second-order valence-electron chi connectivity index (χ2n) is 6.12. The lowest BCUT2D eigenvalue weighted by atomic mass is 10.2. The molecule has 7 heteroatoms. The quantitative estimate of drug-likeness (QED) is 0.451. The van der Waals surface area contributed by atoms with Crippen LogP contribution in [-0.4, -0.2) is 38.8 Å². The van der Waals surface area contributed by atoms with Crippen LogP contribution in [0.5, 0.6) is 17.2 Å². The van der Waals surface area contributed by atoms with Crippen LogP contribution in [0.2, 0.25) is 0 Å². The summed E-state index contributed by atoms with van der Waals surface area (Å²) in [4.78, 5) is 24.4. The third-order valence-electron chi connectivity index (χ3n) is 3.95. The molecular formula is C22H27NO6. The van der Waals surface area contributed by atoms with Gasteiger partial charge in [0.25, 0.3) is 5.91 Å². The normalized spacial score (nSPS) is 10.2. The number of methoxy groups -OCH3 is 1. The number of unbranched alkanes of at least 4 members (excludes halogenated alkanes) is 1. The molecule has 0 radical (unpaired) electrons. The van der Waals surface area contributed by atoms with E-state index in [0.29, 0.717) is 36.1 Å². The Morgan fingerprint density at radius 2 is 1.76 bits per heavy atom. The zero-order valence-electron chi connectivity index (χ0n) is 17.0. The number of carbonyl (C=O) groups excluding carboxylic acids is 2. The summed E-state index contributed by atoms with van der Waals surface area (Å²) >= 11 is 0. The lowest BCUT2D eigenvalue weighted by Gasteiger charge is -2.13. The van der Waals surface area contributed by atoms with Crippen molar-refractivity contribution in [3.05, 3.63) is 48.0 Å². The van der Waals surface area contributed by atoms with Crippen molar-refractivity contribution in [2.45, 2.75) is 26.7 Å². The summed E-state index contributed by atoms with van der Waals surface area (Å²) in [5.74, 6) is 0.475. The van der Waals surface area contributed by atoms with Crippen LogP contribution in [0.3, 0.4) is 0 Å². The highest BCUT2D eigenvalue weighted by molar-refractivity contribution is 5.96. The fraction of sp³-hybridized carbons (Fsp3) is 0.364. The fourth-order valence-electron chi connectivity index (χ4n) is 2.50. The van der Waals surface area contributed by atoms with E-state index in [1.54, 1.807) is 42.5 Å². The molecule has 0 aliphatic carbocycles. The molecule has 0 saturated heterocycles. The van der Waals surface area contributed by atoms with Crippen LogP contribution in [0.4, 0.5) is 5.69 Å². The maximum absolute atomic E-state index is 12.3. The summed E-state index contributed by atoms with van der Waals surface area (Å²) < 4.78 is 21.6. The van der Waals surface area contributed by atoms with E-state index in [2.05, 4.69) is 12.2 Å². The first-order chi connectivity index (χ1) is 14.1. The SMILES string of the molecule is CCCCOc1ccc(C(=O)OCC(=O)Nc2ccccc2OC)cc1OCC. The topological polar surface area (TPSA) is 83.1 Å². The minimum atomic E-state index is -0.624. The Hall–Kier alpha value is -3.22. The number of hydrogen-bond donors (Lipinski definition) is 1. The molecule has 0 heterocycles. The Balaban J connectivity index is 1.97. The average Bonchev–Trinajstić information content (AvgIpc) is 2.73. The van der Waals surface area contributed by atoms with E-state index in [-0.39, 0.29) is 5.56 Å². The van der Waals surface area contributed by atoms with E-state index in [4.69, 9.17) is 18.9 Å². The fourth-order valence-corrected chi connectivity index (χ4v) is 2.50. The van der Waals surface area contributed by atoms with E-state index in [0.717, 1.165) is 12.8 Å². The molecule has 29 heavy (non-hydrogen) atoms. The number of nitrogens with one attached hydrogen (secondary N) is 1. The number of para-hydroxylation sites is 2. The van der Waals surface area contributed by atoms with Crippen molar-refractivity contribution in [3.8, 4) is 17.2 Å². The average molecular weight is 401 g/mol. The first kappa shape index (κ1) is 22.1. The molecule has 2 aromatic rings. The van der Waals surface area contributed by atoms with Crippen molar-refractivity contribution >= 4 is 17.6 Å². The standard InChI is InChI=1S/C22H27NO6/c1-4-6-13-28-19-12-11-16(14-20(19)27-5-2)22(25)29-15-21(24)23-17-9-7-8-10-18(17)26-3/h7-12,14H,4-6,13,15H2,1-3H3,(H,23,24). The van der Waals surface area contributed by atoms with Crippen LogP contribution >= 0.6 is 0 Å². The van der Waals surface area contributed by atoms with Gasteiger partial charge in [0.2, 0.25) is 0 Å². The van der Waals surface area contributed by atoms with Gasteiger partial charge in [-0.05, 0) is 43.7 Å². The Kier molecular flexibility index (Phi) is 8.82. The van der Waals surface area contributed by atoms with Crippen LogP contribution < -0.4 is 19.5 Å². The highest BCUT2D eigenvalue weighted by atomic mass is 16.5.